The molecule has 1 saturated heterocycles. The summed E-state index contributed by atoms with van der Waals surface area (Å²) in [6.07, 6.45) is 0.239. The lowest BCUT2D eigenvalue weighted by Gasteiger charge is -2.24. The summed E-state index contributed by atoms with van der Waals surface area (Å²) in [5, 5.41) is 4.67. The van der Waals surface area contributed by atoms with Crippen molar-refractivity contribution in [1.82, 2.24) is 20.1 Å². The van der Waals surface area contributed by atoms with E-state index in [1.54, 1.807) is 20.7 Å². The molecule has 0 radical (unpaired) electrons. The second-order valence-corrected chi connectivity index (χ2v) is 10.4. The van der Waals surface area contributed by atoms with Gasteiger partial charge in [-0.05, 0) is 30.2 Å². The molecule has 3 amide bonds. The smallest absolute Gasteiger partial charge is 0.273 e. The largest absolute Gasteiger partial charge is 0.492 e. The van der Waals surface area contributed by atoms with Gasteiger partial charge in [0, 0.05) is 43.0 Å². The lowest BCUT2D eigenvalue weighted by molar-refractivity contribution is -0.130. The summed E-state index contributed by atoms with van der Waals surface area (Å²) in [7, 11) is 0. The zero-order valence-corrected chi connectivity index (χ0v) is 22.0. The predicted molar refractivity (Wildman–Crippen MR) is 140 cm³/mol. The third-order valence-corrected chi connectivity index (χ3v) is 7.73. The van der Waals surface area contributed by atoms with Crippen LogP contribution in [-0.2, 0) is 16.0 Å². The molecule has 204 valence electrons. The average molecular weight is 555 g/mol. The van der Waals surface area contributed by atoms with Gasteiger partial charge in [0.05, 0.1) is 24.4 Å². The highest BCUT2D eigenvalue weighted by molar-refractivity contribution is 7.07. The molecule has 2 aliphatic heterocycles. The monoisotopic (exact) mass is 554 g/mol. The molecule has 2 atom stereocenters. The van der Waals surface area contributed by atoms with Crippen LogP contribution < -0.4 is 10.1 Å². The number of fused-ring (bicyclic) bond motifs is 4. The molecule has 2 bridgehead atoms. The van der Waals surface area contributed by atoms with Crippen molar-refractivity contribution in [1.29, 1.82) is 0 Å². The summed E-state index contributed by atoms with van der Waals surface area (Å²) < 4.78 is 33.8. The van der Waals surface area contributed by atoms with Gasteiger partial charge in [-0.1, -0.05) is 24.3 Å². The molecule has 1 aromatic heterocycles. The van der Waals surface area contributed by atoms with Crippen LogP contribution in [-0.4, -0.2) is 71.8 Å². The number of likely N-dealkylation sites (tertiary alicyclic amines) is 1. The topological polar surface area (TPSA) is 91.8 Å². The van der Waals surface area contributed by atoms with Crippen molar-refractivity contribution in [2.45, 2.75) is 18.8 Å². The minimum atomic E-state index is -1.03. The van der Waals surface area contributed by atoms with Gasteiger partial charge in [0.25, 0.3) is 5.91 Å². The number of hydrogen-bond donors (Lipinski definition) is 1. The minimum Gasteiger partial charge on any atom is -0.492 e. The fraction of sp³-hybridized carbons (Fsp3) is 0.357. The zero-order chi connectivity index (χ0) is 27.4. The molecule has 2 aromatic carbocycles. The highest BCUT2D eigenvalue weighted by Gasteiger charge is 2.40. The summed E-state index contributed by atoms with van der Waals surface area (Å²) in [6.45, 7) is 1.84. The Morgan fingerprint density at radius 3 is 2.72 bits per heavy atom. The first-order valence-electron chi connectivity index (χ1n) is 12.8. The minimum absolute atomic E-state index is 0.0185. The number of halogens is 2. The molecule has 0 unspecified atom stereocenters. The third kappa shape index (κ3) is 6.08. The van der Waals surface area contributed by atoms with Gasteiger partial charge in [-0.25, -0.2) is 13.8 Å². The Morgan fingerprint density at radius 1 is 1.08 bits per heavy atom. The molecule has 2 aliphatic rings. The van der Waals surface area contributed by atoms with Gasteiger partial charge in [0.2, 0.25) is 11.8 Å². The normalized spacial score (nSPS) is 20.0. The Balaban J connectivity index is 1.33. The molecule has 5 rings (SSSR count). The lowest BCUT2D eigenvalue weighted by atomic mass is 9.88. The number of aromatic nitrogens is 1. The van der Waals surface area contributed by atoms with Gasteiger partial charge >= 0.3 is 0 Å². The fourth-order valence-corrected chi connectivity index (χ4v) is 5.61. The van der Waals surface area contributed by atoms with E-state index in [0.717, 1.165) is 11.6 Å². The van der Waals surface area contributed by atoms with Crippen molar-refractivity contribution < 1.29 is 27.9 Å². The van der Waals surface area contributed by atoms with Crippen LogP contribution in [0.2, 0.25) is 0 Å². The number of thiazole rings is 1. The van der Waals surface area contributed by atoms with Gasteiger partial charge in [-0.3, -0.25) is 14.4 Å². The highest BCUT2D eigenvalue weighted by Crippen LogP contribution is 2.35. The SMILES string of the molecule is O=C1NCCCN(C(=O)c2cscn2)CCOc2cccc(c2)[C@H]2CN(C(=O)Cc3cccc(F)c3F)C[C@H]12. The molecule has 1 fully saturated rings. The zero-order valence-electron chi connectivity index (χ0n) is 21.1. The number of nitrogens with zero attached hydrogens (tertiary/aromatic N) is 3. The van der Waals surface area contributed by atoms with Crippen molar-refractivity contribution in [3.8, 4) is 5.75 Å². The average Bonchev–Trinajstić information content (AvgIpc) is 3.63. The lowest BCUT2D eigenvalue weighted by Crippen LogP contribution is -2.39. The van der Waals surface area contributed by atoms with Crippen LogP contribution in [0.1, 0.15) is 34.0 Å². The van der Waals surface area contributed by atoms with Gasteiger partial charge in [0.15, 0.2) is 11.6 Å². The number of ether oxygens (including phenoxy) is 1. The number of benzene rings is 2. The van der Waals surface area contributed by atoms with E-state index in [9.17, 15) is 23.2 Å². The van der Waals surface area contributed by atoms with E-state index in [1.807, 2.05) is 24.3 Å². The van der Waals surface area contributed by atoms with Gasteiger partial charge in [-0.15, -0.1) is 11.3 Å². The quantitative estimate of drug-likeness (QED) is 0.537. The van der Waals surface area contributed by atoms with Crippen LogP contribution in [0, 0.1) is 17.6 Å². The Labute approximate surface area is 228 Å². The molecule has 8 nitrogen and oxygen atoms in total. The summed E-state index contributed by atoms with van der Waals surface area (Å²) in [6, 6.07) is 11.1. The standard InChI is InChI=1S/C28H28F2N4O4S/c29-23-7-2-5-19(26(23)30)13-25(35)34-14-21-18-4-1-6-20(12-18)38-11-10-33(28(37)24-16-39-17-32-24)9-3-8-31-27(36)22(21)15-34/h1-2,4-7,12,16-17,21-22H,3,8-11,13-15H2,(H,31,36)/t21-,22+/m1/s1. The van der Waals surface area contributed by atoms with Crippen LogP contribution in [0.5, 0.6) is 5.75 Å². The summed E-state index contributed by atoms with van der Waals surface area (Å²) >= 11 is 1.35. The van der Waals surface area contributed by atoms with Crippen molar-refractivity contribution in [2.75, 3.05) is 39.3 Å². The van der Waals surface area contributed by atoms with Gasteiger partial charge < -0.3 is 19.9 Å². The fourth-order valence-electron chi connectivity index (χ4n) is 5.09. The van der Waals surface area contributed by atoms with E-state index in [-0.39, 0.29) is 55.3 Å². The Hall–Kier alpha value is -3.86. The molecule has 1 N–H and O–H groups in total. The first kappa shape index (κ1) is 26.7. The molecule has 0 spiro atoms. The van der Waals surface area contributed by atoms with Crippen molar-refractivity contribution >= 4 is 29.1 Å². The van der Waals surface area contributed by atoms with Gasteiger partial charge in [-0.2, -0.15) is 0 Å². The molecule has 11 heteroatoms. The Kier molecular flexibility index (Phi) is 8.16. The van der Waals surface area contributed by atoms with Crippen molar-refractivity contribution in [3.63, 3.8) is 0 Å². The van der Waals surface area contributed by atoms with Gasteiger partial charge in [0.1, 0.15) is 18.1 Å². The maximum absolute atomic E-state index is 14.2. The summed E-state index contributed by atoms with van der Waals surface area (Å²) in [4.78, 5) is 46.6. The highest BCUT2D eigenvalue weighted by atomic mass is 32.1. The first-order valence-corrected chi connectivity index (χ1v) is 13.7. The number of hydrogen-bond acceptors (Lipinski definition) is 6. The maximum Gasteiger partial charge on any atom is 0.273 e. The summed E-state index contributed by atoms with van der Waals surface area (Å²) in [5.74, 6) is -3.03. The molecule has 0 aliphatic carbocycles. The molecule has 3 aromatic rings. The molecular weight excluding hydrogens is 526 g/mol. The first-order chi connectivity index (χ1) is 18.9. The van der Waals surface area contributed by atoms with E-state index in [0.29, 0.717) is 37.5 Å². The third-order valence-electron chi connectivity index (χ3n) is 7.14. The molecule has 0 saturated carbocycles. The van der Waals surface area contributed by atoms with Crippen LogP contribution in [0.25, 0.3) is 0 Å². The van der Waals surface area contributed by atoms with E-state index in [4.69, 9.17) is 4.74 Å². The van der Waals surface area contributed by atoms with Crippen LogP contribution >= 0.6 is 11.3 Å². The van der Waals surface area contributed by atoms with Crippen LogP contribution in [0.15, 0.2) is 53.4 Å². The summed E-state index contributed by atoms with van der Waals surface area (Å²) in [5.41, 5.74) is 2.81. The Morgan fingerprint density at radius 2 is 1.90 bits per heavy atom. The van der Waals surface area contributed by atoms with Crippen molar-refractivity contribution in [2.24, 2.45) is 5.92 Å². The number of carbonyl (C=O) groups is 3. The van der Waals surface area contributed by atoms with E-state index < -0.39 is 17.6 Å². The Bertz CT molecular complexity index is 1350. The number of nitrogens with one attached hydrogen (secondary N) is 1. The van der Waals surface area contributed by atoms with Crippen LogP contribution in [0.3, 0.4) is 0 Å². The molecule has 3 heterocycles. The van der Waals surface area contributed by atoms with Crippen molar-refractivity contribution in [3.05, 3.63) is 81.8 Å². The number of rotatable bonds is 3. The second kappa shape index (κ2) is 11.9. The second-order valence-electron chi connectivity index (χ2n) is 9.63. The molecule has 39 heavy (non-hydrogen) atoms. The maximum atomic E-state index is 14.2. The molecular formula is C28H28F2N4O4S. The predicted octanol–water partition coefficient (Wildman–Crippen LogP) is 3.25. The van der Waals surface area contributed by atoms with E-state index in [1.165, 1.54) is 23.5 Å². The van der Waals surface area contributed by atoms with E-state index in [2.05, 4.69) is 10.3 Å². The van der Waals surface area contributed by atoms with E-state index >= 15 is 0 Å². The van der Waals surface area contributed by atoms with Crippen LogP contribution in [0.4, 0.5) is 8.78 Å². The number of amides is 3. The number of carbonyl (C=O) groups excluding carboxylic acids is 3.